The molecule has 4 heteroatoms. The standard InChI is InChI=1S/C14H18F3N/c1-14(2)5-3-4-10(8-14)18-13-11(16)6-9(15)7-12(13)17/h6-7,10,18H,3-5,8H2,1-2H3. The molecule has 0 amide bonds. The number of benzene rings is 1. The Morgan fingerprint density at radius 2 is 1.78 bits per heavy atom. The number of halogens is 3. The first-order valence-electron chi connectivity index (χ1n) is 6.28. The van der Waals surface area contributed by atoms with Crippen molar-refractivity contribution >= 4 is 5.69 Å². The summed E-state index contributed by atoms with van der Waals surface area (Å²) in [6.45, 7) is 4.30. The maximum Gasteiger partial charge on any atom is 0.152 e. The van der Waals surface area contributed by atoms with E-state index < -0.39 is 17.5 Å². The third-order valence-corrected chi connectivity index (χ3v) is 3.56. The van der Waals surface area contributed by atoms with Crippen molar-refractivity contribution in [3.63, 3.8) is 0 Å². The Hall–Kier alpha value is -1.19. The highest BCUT2D eigenvalue weighted by atomic mass is 19.1. The number of hydrogen-bond donors (Lipinski definition) is 1. The van der Waals surface area contributed by atoms with E-state index >= 15 is 0 Å². The predicted octanol–water partition coefficient (Wildman–Crippen LogP) is 4.48. The van der Waals surface area contributed by atoms with Gasteiger partial charge in [-0.3, -0.25) is 0 Å². The van der Waals surface area contributed by atoms with Gasteiger partial charge in [-0.05, 0) is 24.7 Å². The van der Waals surface area contributed by atoms with Crippen LogP contribution < -0.4 is 5.32 Å². The zero-order valence-corrected chi connectivity index (χ0v) is 10.7. The fourth-order valence-electron chi connectivity index (χ4n) is 2.71. The first-order valence-corrected chi connectivity index (χ1v) is 6.28. The van der Waals surface area contributed by atoms with E-state index in [0.29, 0.717) is 12.1 Å². The van der Waals surface area contributed by atoms with E-state index in [1.165, 1.54) is 0 Å². The summed E-state index contributed by atoms with van der Waals surface area (Å²) in [5, 5.41) is 2.88. The number of anilines is 1. The summed E-state index contributed by atoms with van der Waals surface area (Å²) in [6.07, 6.45) is 3.91. The Morgan fingerprint density at radius 3 is 2.33 bits per heavy atom. The topological polar surface area (TPSA) is 12.0 Å². The molecule has 1 aliphatic carbocycles. The molecule has 0 aromatic heterocycles. The summed E-state index contributed by atoms with van der Waals surface area (Å²) >= 11 is 0. The van der Waals surface area contributed by atoms with Crippen LogP contribution in [0.2, 0.25) is 0 Å². The maximum atomic E-state index is 13.5. The second-order valence-corrected chi connectivity index (χ2v) is 5.85. The Balaban J connectivity index is 2.14. The van der Waals surface area contributed by atoms with Gasteiger partial charge in [0.2, 0.25) is 0 Å². The number of nitrogens with one attached hydrogen (secondary N) is 1. The predicted molar refractivity (Wildman–Crippen MR) is 66.0 cm³/mol. The van der Waals surface area contributed by atoms with Gasteiger partial charge in [0.05, 0.1) is 0 Å². The third kappa shape index (κ3) is 2.98. The van der Waals surface area contributed by atoms with Crippen LogP contribution in [0.3, 0.4) is 0 Å². The van der Waals surface area contributed by atoms with Crippen LogP contribution in [0.15, 0.2) is 12.1 Å². The minimum atomic E-state index is -0.889. The van der Waals surface area contributed by atoms with Gasteiger partial charge in [0, 0.05) is 18.2 Å². The van der Waals surface area contributed by atoms with Crippen LogP contribution in [-0.2, 0) is 0 Å². The second kappa shape index (κ2) is 4.82. The summed E-state index contributed by atoms with van der Waals surface area (Å²) in [5.41, 5.74) is -0.0257. The molecule has 1 N–H and O–H groups in total. The summed E-state index contributed by atoms with van der Waals surface area (Å²) in [5.74, 6) is -2.62. The van der Waals surface area contributed by atoms with Gasteiger partial charge in [0.15, 0.2) is 11.6 Å². The van der Waals surface area contributed by atoms with Crippen molar-refractivity contribution in [3.05, 3.63) is 29.6 Å². The maximum absolute atomic E-state index is 13.5. The molecule has 0 aliphatic heterocycles. The molecule has 2 rings (SSSR count). The van der Waals surface area contributed by atoms with Gasteiger partial charge >= 0.3 is 0 Å². The SMILES string of the molecule is CC1(C)CCCC(Nc2c(F)cc(F)cc2F)C1. The number of rotatable bonds is 2. The lowest BCUT2D eigenvalue weighted by atomic mass is 9.75. The third-order valence-electron chi connectivity index (χ3n) is 3.56. The Morgan fingerprint density at radius 1 is 1.17 bits per heavy atom. The molecule has 100 valence electrons. The molecule has 1 aromatic carbocycles. The Bertz CT molecular complexity index is 420. The fourth-order valence-corrected chi connectivity index (χ4v) is 2.71. The largest absolute Gasteiger partial charge is 0.378 e. The van der Waals surface area contributed by atoms with Crippen LogP contribution in [0.25, 0.3) is 0 Å². The van der Waals surface area contributed by atoms with Crippen LogP contribution in [0.5, 0.6) is 0 Å². The van der Waals surface area contributed by atoms with E-state index in [2.05, 4.69) is 19.2 Å². The molecule has 0 radical (unpaired) electrons. The highest BCUT2D eigenvalue weighted by Gasteiger charge is 2.28. The monoisotopic (exact) mass is 257 g/mol. The molecule has 0 bridgehead atoms. The second-order valence-electron chi connectivity index (χ2n) is 5.85. The van der Waals surface area contributed by atoms with E-state index in [4.69, 9.17) is 0 Å². The lowest BCUT2D eigenvalue weighted by molar-refractivity contribution is 0.229. The van der Waals surface area contributed by atoms with Crippen LogP contribution in [0, 0.1) is 22.9 Å². The Labute approximate surface area is 105 Å². The van der Waals surface area contributed by atoms with E-state index in [-0.39, 0.29) is 17.1 Å². The van der Waals surface area contributed by atoms with Gasteiger partial charge in [-0.2, -0.15) is 0 Å². The first-order chi connectivity index (χ1) is 8.37. The van der Waals surface area contributed by atoms with Crippen molar-refractivity contribution in [2.75, 3.05) is 5.32 Å². The summed E-state index contributed by atoms with van der Waals surface area (Å²) in [6, 6.07) is 1.46. The van der Waals surface area contributed by atoms with Crippen molar-refractivity contribution in [2.24, 2.45) is 5.41 Å². The Kier molecular flexibility index (Phi) is 3.55. The van der Waals surface area contributed by atoms with Crippen molar-refractivity contribution in [1.29, 1.82) is 0 Å². The number of hydrogen-bond acceptors (Lipinski definition) is 1. The molecule has 0 saturated heterocycles. The zero-order chi connectivity index (χ0) is 13.3. The van der Waals surface area contributed by atoms with Gasteiger partial charge in [0.1, 0.15) is 11.5 Å². The molecular weight excluding hydrogens is 239 g/mol. The van der Waals surface area contributed by atoms with Crippen LogP contribution in [0.4, 0.5) is 18.9 Å². The highest BCUT2D eigenvalue weighted by Crippen LogP contribution is 2.37. The smallest absolute Gasteiger partial charge is 0.152 e. The fraction of sp³-hybridized carbons (Fsp3) is 0.571. The molecule has 1 fully saturated rings. The summed E-state index contributed by atoms with van der Waals surface area (Å²) in [4.78, 5) is 0. The average molecular weight is 257 g/mol. The van der Waals surface area contributed by atoms with Crippen molar-refractivity contribution in [1.82, 2.24) is 0 Å². The molecule has 18 heavy (non-hydrogen) atoms. The molecule has 1 atom stereocenters. The first kappa shape index (κ1) is 13.2. The quantitative estimate of drug-likeness (QED) is 0.823. The highest BCUT2D eigenvalue weighted by molar-refractivity contribution is 5.47. The molecule has 1 unspecified atom stereocenters. The van der Waals surface area contributed by atoms with Crippen molar-refractivity contribution in [2.45, 2.75) is 45.6 Å². The normalized spacial score (nSPS) is 22.8. The summed E-state index contributed by atoms with van der Waals surface area (Å²) in [7, 11) is 0. The average Bonchev–Trinajstić information content (AvgIpc) is 2.22. The van der Waals surface area contributed by atoms with Crippen molar-refractivity contribution < 1.29 is 13.2 Å². The van der Waals surface area contributed by atoms with Crippen LogP contribution in [0.1, 0.15) is 39.5 Å². The molecule has 1 saturated carbocycles. The van der Waals surface area contributed by atoms with Gasteiger partial charge in [-0.25, -0.2) is 13.2 Å². The molecular formula is C14H18F3N. The van der Waals surface area contributed by atoms with Gasteiger partial charge < -0.3 is 5.32 Å². The van der Waals surface area contributed by atoms with Gasteiger partial charge in [-0.1, -0.05) is 20.3 Å². The van der Waals surface area contributed by atoms with Crippen LogP contribution in [-0.4, -0.2) is 6.04 Å². The van der Waals surface area contributed by atoms with Crippen LogP contribution >= 0.6 is 0 Å². The molecule has 1 aliphatic rings. The van der Waals surface area contributed by atoms with Gasteiger partial charge in [0.25, 0.3) is 0 Å². The minimum Gasteiger partial charge on any atom is -0.378 e. The van der Waals surface area contributed by atoms with E-state index in [1.807, 2.05) is 0 Å². The van der Waals surface area contributed by atoms with Crippen molar-refractivity contribution in [3.8, 4) is 0 Å². The lowest BCUT2D eigenvalue weighted by Crippen LogP contribution is -2.32. The van der Waals surface area contributed by atoms with Gasteiger partial charge in [-0.15, -0.1) is 0 Å². The minimum absolute atomic E-state index is 0.0446. The molecule has 1 nitrogen and oxygen atoms in total. The molecule has 0 heterocycles. The molecule has 1 aromatic rings. The lowest BCUT2D eigenvalue weighted by Gasteiger charge is -2.36. The van der Waals surface area contributed by atoms with E-state index in [0.717, 1.165) is 25.7 Å². The molecule has 0 spiro atoms. The summed E-state index contributed by atoms with van der Waals surface area (Å²) < 4.78 is 39.8. The van der Waals surface area contributed by atoms with E-state index in [1.54, 1.807) is 0 Å². The van der Waals surface area contributed by atoms with E-state index in [9.17, 15) is 13.2 Å². The zero-order valence-electron chi connectivity index (χ0n) is 10.7.